The molecule has 11 rings (SSSR count). The Bertz CT molecular complexity index is 758. The van der Waals surface area contributed by atoms with Crippen LogP contribution in [0.4, 0.5) is 0 Å². The van der Waals surface area contributed by atoms with Gasteiger partial charge in [0.15, 0.2) is 0 Å². The summed E-state index contributed by atoms with van der Waals surface area (Å²) >= 11 is 0. The first kappa shape index (κ1) is 26.3. The van der Waals surface area contributed by atoms with Crippen molar-refractivity contribution in [2.75, 3.05) is 0 Å². The summed E-state index contributed by atoms with van der Waals surface area (Å²) in [4.78, 5) is 6.78. The Balaban J connectivity index is 0.979. The second-order valence-corrected chi connectivity index (χ2v) is 18.1. The summed E-state index contributed by atoms with van der Waals surface area (Å²) in [7, 11) is 0. The van der Waals surface area contributed by atoms with E-state index < -0.39 is 0 Å². The second kappa shape index (κ2) is 10.2. The van der Waals surface area contributed by atoms with Crippen LogP contribution in [0, 0.1) is 35.5 Å². The maximum Gasteiger partial charge on any atom is 0.0223 e. The molecule has 2 nitrogen and oxygen atoms in total. The molecule has 0 heterocycles. The molecule has 11 saturated carbocycles. The maximum absolute atomic E-state index is 3.39. The predicted molar refractivity (Wildman–Crippen MR) is 165 cm³/mol. The first-order chi connectivity index (χ1) is 19.6. The zero-order chi connectivity index (χ0) is 26.3. The van der Waals surface area contributed by atoms with Crippen LogP contribution >= 0.6 is 0 Å². The monoisotopic (exact) mass is 546 g/mol. The summed E-state index contributed by atoms with van der Waals surface area (Å²) in [6.45, 7) is 0. The molecule has 0 saturated heterocycles. The van der Waals surface area contributed by atoms with Crippen LogP contribution in [-0.2, 0) is 0 Å². The van der Waals surface area contributed by atoms with Gasteiger partial charge in [0.05, 0.1) is 0 Å². The summed E-state index contributed by atoms with van der Waals surface area (Å²) in [5.41, 5.74) is 1.24. The lowest BCUT2D eigenvalue weighted by Gasteiger charge is -2.66. The van der Waals surface area contributed by atoms with E-state index in [1.807, 2.05) is 0 Å². The topological polar surface area (TPSA) is 6.48 Å². The molecule has 0 aliphatic heterocycles. The molecule has 0 spiro atoms. The van der Waals surface area contributed by atoms with E-state index in [0.29, 0.717) is 11.1 Å². The fraction of sp³-hybridized carbons (Fsp3) is 1.00. The molecule has 40 heavy (non-hydrogen) atoms. The Morgan fingerprint density at radius 1 is 0.300 bits per heavy atom. The summed E-state index contributed by atoms with van der Waals surface area (Å²) in [6.07, 6.45) is 40.6. The molecule has 8 bridgehead atoms. The summed E-state index contributed by atoms with van der Waals surface area (Å²) in [6, 6.07) is 3.70. The molecule has 0 N–H and O–H groups in total. The zero-order valence-corrected chi connectivity index (χ0v) is 26.1. The Morgan fingerprint density at radius 2 is 0.550 bits per heavy atom. The fourth-order valence-electron chi connectivity index (χ4n) is 15.2. The van der Waals surface area contributed by atoms with Crippen LogP contribution in [-0.4, -0.2) is 45.0 Å². The molecular weight excluding hydrogens is 484 g/mol. The molecule has 224 valence electrons. The van der Waals surface area contributed by atoms with Gasteiger partial charge in [0, 0.05) is 35.2 Å². The van der Waals surface area contributed by atoms with Gasteiger partial charge in [-0.3, -0.25) is 9.80 Å². The van der Waals surface area contributed by atoms with E-state index in [-0.39, 0.29) is 0 Å². The van der Waals surface area contributed by atoms with E-state index in [2.05, 4.69) is 9.80 Å². The highest BCUT2D eigenvalue weighted by Gasteiger charge is 2.58. The van der Waals surface area contributed by atoms with Crippen LogP contribution in [0.2, 0.25) is 0 Å². The third kappa shape index (κ3) is 4.44. The minimum absolute atomic E-state index is 0.622. The number of nitrogens with zero attached hydrogens (tertiary/aromatic N) is 2. The van der Waals surface area contributed by atoms with Gasteiger partial charge < -0.3 is 0 Å². The molecule has 0 amide bonds. The number of hydrogen-bond acceptors (Lipinski definition) is 2. The van der Waals surface area contributed by atoms with E-state index in [9.17, 15) is 0 Å². The molecule has 11 aliphatic rings. The SMILES string of the molecule is C1CCC(N(C2CCC(N(C3CCCCC3)C34CC5CC(CC(C5)C3)C4)CC2)C23CC4CC(CC(C4)C2)C3)CC1. The normalized spacial score (nSPS) is 50.9. The van der Waals surface area contributed by atoms with Gasteiger partial charge in [-0.1, -0.05) is 38.5 Å². The first-order valence-electron chi connectivity index (χ1n) is 19.2. The molecule has 2 heteroatoms. The maximum atomic E-state index is 3.39. The summed E-state index contributed by atoms with van der Waals surface area (Å²) in [5.74, 6) is 6.54. The minimum Gasteiger partial charge on any atom is -0.292 e. The van der Waals surface area contributed by atoms with E-state index in [4.69, 9.17) is 0 Å². The molecule has 0 aromatic rings. The molecular formula is C38H62N2. The Kier molecular flexibility index (Phi) is 6.74. The Hall–Kier alpha value is -0.0800. The van der Waals surface area contributed by atoms with E-state index in [1.54, 1.807) is 103 Å². The lowest BCUT2D eigenvalue weighted by molar-refractivity contribution is -0.149. The number of rotatable bonds is 6. The van der Waals surface area contributed by atoms with E-state index in [1.165, 1.54) is 64.2 Å². The van der Waals surface area contributed by atoms with Crippen LogP contribution in [0.15, 0.2) is 0 Å². The van der Waals surface area contributed by atoms with Crippen LogP contribution in [0.25, 0.3) is 0 Å². The van der Waals surface area contributed by atoms with Crippen LogP contribution in [0.3, 0.4) is 0 Å². The quantitative estimate of drug-likeness (QED) is 0.327. The standard InChI is InChI=1S/C38H62N2/c1-3-7-33(8-4-1)39(37-21-27-15-28(22-37)17-29(16-27)23-37)35-11-13-36(14-12-35)40(34-9-5-2-6-10-34)38-24-30-18-31(25-38)20-32(19-30)26-38/h27-36H,1-26H2. The third-order valence-corrected chi connectivity index (χ3v) is 15.5. The molecule has 11 fully saturated rings. The summed E-state index contributed by atoms with van der Waals surface area (Å²) in [5, 5.41) is 0. The van der Waals surface area contributed by atoms with Gasteiger partial charge in [-0.25, -0.2) is 0 Å². The van der Waals surface area contributed by atoms with Gasteiger partial charge in [-0.2, -0.15) is 0 Å². The largest absolute Gasteiger partial charge is 0.292 e. The lowest BCUT2D eigenvalue weighted by atomic mass is 9.51. The third-order valence-electron chi connectivity index (χ3n) is 15.5. The molecule has 0 radical (unpaired) electrons. The van der Waals surface area contributed by atoms with Crippen LogP contribution in [0.1, 0.15) is 167 Å². The van der Waals surface area contributed by atoms with Gasteiger partial charge >= 0.3 is 0 Å². The van der Waals surface area contributed by atoms with E-state index >= 15 is 0 Å². The second-order valence-electron chi connectivity index (χ2n) is 18.1. The van der Waals surface area contributed by atoms with Crippen molar-refractivity contribution < 1.29 is 0 Å². The molecule has 0 aromatic carbocycles. The van der Waals surface area contributed by atoms with Gasteiger partial charge in [-0.15, -0.1) is 0 Å². The molecule has 11 aliphatic carbocycles. The fourth-order valence-corrected chi connectivity index (χ4v) is 15.2. The predicted octanol–water partition coefficient (Wildman–Crippen LogP) is 9.50. The first-order valence-corrected chi connectivity index (χ1v) is 19.2. The average Bonchev–Trinajstić information content (AvgIpc) is 2.94. The van der Waals surface area contributed by atoms with Crippen molar-refractivity contribution in [2.24, 2.45) is 35.5 Å². The highest BCUT2D eigenvalue weighted by Crippen LogP contribution is 2.61. The average molecular weight is 547 g/mol. The van der Waals surface area contributed by atoms with Gasteiger partial charge in [0.2, 0.25) is 0 Å². The molecule has 0 unspecified atom stereocenters. The van der Waals surface area contributed by atoms with Gasteiger partial charge in [0.1, 0.15) is 0 Å². The van der Waals surface area contributed by atoms with Crippen molar-refractivity contribution in [3.05, 3.63) is 0 Å². The highest BCUT2D eigenvalue weighted by molar-refractivity contribution is 5.13. The molecule has 0 atom stereocenters. The highest BCUT2D eigenvalue weighted by atomic mass is 15.3. The van der Waals surface area contributed by atoms with Crippen molar-refractivity contribution in [1.82, 2.24) is 9.80 Å². The van der Waals surface area contributed by atoms with Crippen LogP contribution in [0.5, 0.6) is 0 Å². The van der Waals surface area contributed by atoms with Crippen molar-refractivity contribution >= 4 is 0 Å². The Morgan fingerprint density at radius 3 is 0.825 bits per heavy atom. The van der Waals surface area contributed by atoms with Crippen molar-refractivity contribution in [2.45, 2.75) is 202 Å². The van der Waals surface area contributed by atoms with Gasteiger partial charge in [-0.05, 0) is 164 Å². The van der Waals surface area contributed by atoms with Crippen molar-refractivity contribution in [3.63, 3.8) is 0 Å². The van der Waals surface area contributed by atoms with E-state index in [0.717, 1.165) is 59.7 Å². The Labute approximate surface area is 247 Å². The summed E-state index contributed by atoms with van der Waals surface area (Å²) < 4.78 is 0. The number of hydrogen-bond donors (Lipinski definition) is 0. The van der Waals surface area contributed by atoms with Crippen molar-refractivity contribution in [1.29, 1.82) is 0 Å². The smallest absolute Gasteiger partial charge is 0.0223 e. The molecule has 0 aromatic heterocycles. The van der Waals surface area contributed by atoms with Crippen molar-refractivity contribution in [3.8, 4) is 0 Å². The minimum atomic E-state index is 0.622. The lowest BCUT2D eigenvalue weighted by Crippen LogP contribution is -2.67. The van der Waals surface area contributed by atoms with Crippen LogP contribution < -0.4 is 0 Å². The van der Waals surface area contributed by atoms with Gasteiger partial charge in [0.25, 0.3) is 0 Å². The zero-order valence-electron chi connectivity index (χ0n) is 26.1.